The maximum Gasteiger partial charge on any atom is 0.372 e. The average molecular weight is 257 g/mol. The Hall–Kier alpha value is -1.55. The van der Waals surface area contributed by atoms with E-state index in [1.54, 1.807) is 25.1 Å². The summed E-state index contributed by atoms with van der Waals surface area (Å²) in [6.45, 7) is 1.76. The number of hydrogen-bond donors (Lipinski definition) is 1. The standard InChI is InChI=1S/C12H13ClO4/c1-7(6-10(14)12(15)16)8-4-3-5-9(13)11(8)17-2/h3-5,7H,6H2,1-2H3,(H,15,16). The molecule has 0 bridgehead atoms. The third-order valence-electron chi connectivity index (χ3n) is 2.46. The molecule has 17 heavy (non-hydrogen) atoms. The summed E-state index contributed by atoms with van der Waals surface area (Å²) in [5.41, 5.74) is 0.731. The Morgan fingerprint density at radius 3 is 2.65 bits per heavy atom. The highest BCUT2D eigenvalue weighted by molar-refractivity contribution is 6.33. The molecule has 0 fully saturated rings. The molecule has 1 aromatic rings. The first kappa shape index (κ1) is 13.5. The maximum absolute atomic E-state index is 11.1. The molecule has 1 atom stereocenters. The molecule has 0 saturated carbocycles. The van der Waals surface area contributed by atoms with Gasteiger partial charge in [-0.2, -0.15) is 0 Å². The second kappa shape index (κ2) is 5.68. The number of methoxy groups -OCH3 is 1. The number of carbonyl (C=O) groups excluding carboxylic acids is 1. The number of ketones is 1. The zero-order valence-electron chi connectivity index (χ0n) is 9.57. The van der Waals surface area contributed by atoms with E-state index >= 15 is 0 Å². The first-order valence-corrected chi connectivity index (χ1v) is 5.43. The van der Waals surface area contributed by atoms with Crippen LogP contribution in [0.25, 0.3) is 0 Å². The van der Waals surface area contributed by atoms with Crippen molar-refractivity contribution in [3.8, 4) is 5.75 Å². The first-order chi connectivity index (χ1) is 7.97. The molecule has 0 aromatic heterocycles. The molecular formula is C12H13ClO4. The van der Waals surface area contributed by atoms with Crippen molar-refractivity contribution in [3.63, 3.8) is 0 Å². The van der Waals surface area contributed by atoms with Gasteiger partial charge in [-0.05, 0) is 17.5 Å². The number of para-hydroxylation sites is 1. The van der Waals surface area contributed by atoms with Gasteiger partial charge in [-0.15, -0.1) is 0 Å². The first-order valence-electron chi connectivity index (χ1n) is 5.06. The monoisotopic (exact) mass is 256 g/mol. The van der Waals surface area contributed by atoms with Crippen molar-refractivity contribution in [2.24, 2.45) is 0 Å². The van der Waals surface area contributed by atoms with Gasteiger partial charge >= 0.3 is 5.97 Å². The van der Waals surface area contributed by atoms with E-state index in [0.29, 0.717) is 10.8 Å². The lowest BCUT2D eigenvalue weighted by Crippen LogP contribution is -2.15. The minimum Gasteiger partial charge on any atom is -0.495 e. The van der Waals surface area contributed by atoms with Crippen LogP contribution in [0.4, 0.5) is 0 Å². The van der Waals surface area contributed by atoms with E-state index in [0.717, 1.165) is 5.56 Å². The Balaban J connectivity index is 2.96. The fourth-order valence-corrected chi connectivity index (χ4v) is 1.86. The summed E-state index contributed by atoms with van der Waals surface area (Å²) in [6, 6.07) is 5.18. The molecule has 1 N–H and O–H groups in total. The summed E-state index contributed by atoms with van der Waals surface area (Å²) in [7, 11) is 1.48. The van der Waals surface area contributed by atoms with Crippen molar-refractivity contribution in [1.82, 2.24) is 0 Å². The van der Waals surface area contributed by atoms with Crippen LogP contribution in [-0.2, 0) is 9.59 Å². The van der Waals surface area contributed by atoms with E-state index in [-0.39, 0.29) is 12.3 Å². The van der Waals surface area contributed by atoms with Crippen molar-refractivity contribution >= 4 is 23.4 Å². The lowest BCUT2D eigenvalue weighted by Gasteiger charge is -2.15. The Labute approximate surface area is 104 Å². The lowest BCUT2D eigenvalue weighted by molar-refractivity contribution is -0.149. The van der Waals surface area contributed by atoms with E-state index < -0.39 is 11.8 Å². The van der Waals surface area contributed by atoms with Crippen LogP contribution in [0, 0.1) is 0 Å². The molecule has 0 heterocycles. The normalized spacial score (nSPS) is 11.9. The lowest BCUT2D eigenvalue weighted by atomic mass is 9.95. The topological polar surface area (TPSA) is 63.6 Å². The molecule has 4 nitrogen and oxygen atoms in total. The van der Waals surface area contributed by atoms with Crippen LogP contribution in [0.5, 0.6) is 5.75 Å². The fraction of sp³-hybridized carbons (Fsp3) is 0.333. The summed E-state index contributed by atoms with van der Waals surface area (Å²) < 4.78 is 5.15. The number of carboxylic acids is 1. The maximum atomic E-state index is 11.1. The molecule has 0 amide bonds. The van der Waals surface area contributed by atoms with Gasteiger partial charge < -0.3 is 9.84 Å². The number of halogens is 1. The number of aliphatic carboxylic acids is 1. The number of benzene rings is 1. The number of Topliss-reactive ketones (excluding diaryl/α,β-unsaturated/α-hetero) is 1. The van der Waals surface area contributed by atoms with Crippen molar-refractivity contribution in [3.05, 3.63) is 28.8 Å². The zero-order chi connectivity index (χ0) is 13.0. The number of rotatable bonds is 5. The van der Waals surface area contributed by atoms with Crippen LogP contribution in [0.1, 0.15) is 24.8 Å². The molecule has 1 aromatic carbocycles. The Kier molecular flexibility index (Phi) is 4.52. The van der Waals surface area contributed by atoms with Crippen LogP contribution in [0.3, 0.4) is 0 Å². The number of carboxylic acid groups (broad SMARTS) is 1. The Bertz CT molecular complexity index is 442. The zero-order valence-corrected chi connectivity index (χ0v) is 10.3. The Morgan fingerprint density at radius 2 is 2.12 bits per heavy atom. The molecule has 0 aliphatic carbocycles. The third-order valence-corrected chi connectivity index (χ3v) is 2.76. The van der Waals surface area contributed by atoms with Crippen molar-refractivity contribution in [2.75, 3.05) is 7.11 Å². The smallest absolute Gasteiger partial charge is 0.372 e. The molecule has 0 aliphatic rings. The predicted octanol–water partition coefficient (Wildman–Crippen LogP) is 2.50. The summed E-state index contributed by atoms with van der Waals surface area (Å²) >= 11 is 5.95. The summed E-state index contributed by atoms with van der Waals surface area (Å²) in [5.74, 6) is -2.01. The molecule has 1 rings (SSSR count). The average Bonchev–Trinajstić information content (AvgIpc) is 2.28. The second-order valence-corrected chi connectivity index (χ2v) is 4.10. The van der Waals surface area contributed by atoms with Gasteiger partial charge in [0.2, 0.25) is 5.78 Å². The third kappa shape index (κ3) is 3.20. The fourth-order valence-electron chi connectivity index (χ4n) is 1.60. The van der Waals surface area contributed by atoms with E-state index in [9.17, 15) is 9.59 Å². The second-order valence-electron chi connectivity index (χ2n) is 3.70. The molecule has 92 valence electrons. The number of carbonyl (C=O) groups is 2. The molecule has 0 spiro atoms. The summed E-state index contributed by atoms with van der Waals surface area (Å²) in [5, 5.41) is 9.00. The molecule has 5 heteroatoms. The van der Waals surface area contributed by atoms with Gasteiger partial charge in [0, 0.05) is 6.42 Å². The molecule has 1 unspecified atom stereocenters. The van der Waals surface area contributed by atoms with Crippen LogP contribution in [0.15, 0.2) is 18.2 Å². The van der Waals surface area contributed by atoms with E-state index in [1.807, 2.05) is 0 Å². The van der Waals surface area contributed by atoms with Crippen molar-refractivity contribution < 1.29 is 19.4 Å². The summed E-state index contributed by atoms with van der Waals surface area (Å²) in [6.07, 6.45) is -0.0773. The van der Waals surface area contributed by atoms with Crippen LogP contribution < -0.4 is 4.74 Å². The largest absolute Gasteiger partial charge is 0.495 e. The van der Waals surface area contributed by atoms with Crippen molar-refractivity contribution in [2.45, 2.75) is 19.3 Å². The van der Waals surface area contributed by atoms with Gasteiger partial charge in [-0.3, -0.25) is 4.79 Å². The van der Waals surface area contributed by atoms with Gasteiger partial charge in [0.05, 0.1) is 12.1 Å². The highest BCUT2D eigenvalue weighted by Gasteiger charge is 2.20. The molecule has 0 aliphatic heterocycles. The molecule has 0 saturated heterocycles. The summed E-state index contributed by atoms with van der Waals surface area (Å²) in [4.78, 5) is 21.6. The van der Waals surface area contributed by atoms with Gasteiger partial charge in [-0.1, -0.05) is 30.7 Å². The van der Waals surface area contributed by atoms with Gasteiger partial charge in [0.25, 0.3) is 0 Å². The van der Waals surface area contributed by atoms with Gasteiger partial charge in [-0.25, -0.2) is 4.79 Å². The van der Waals surface area contributed by atoms with E-state index in [4.69, 9.17) is 21.4 Å². The van der Waals surface area contributed by atoms with Crippen LogP contribution >= 0.6 is 11.6 Å². The van der Waals surface area contributed by atoms with Crippen LogP contribution in [-0.4, -0.2) is 24.0 Å². The van der Waals surface area contributed by atoms with Gasteiger partial charge in [0.15, 0.2) is 0 Å². The highest BCUT2D eigenvalue weighted by atomic mass is 35.5. The van der Waals surface area contributed by atoms with E-state index in [2.05, 4.69) is 0 Å². The van der Waals surface area contributed by atoms with E-state index in [1.165, 1.54) is 7.11 Å². The quantitative estimate of drug-likeness (QED) is 0.822. The molecular weight excluding hydrogens is 244 g/mol. The van der Waals surface area contributed by atoms with Crippen LogP contribution in [0.2, 0.25) is 5.02 Å². The SMILES string of the molecule is COc1c(Cl)cccc1C(C)CC(=O)C(=O)O. The predicted molar refractivity (Wildman–Crippen MR) is 63.7 cm³/mol. The van der Waals surface area contributed by atoms with Gasteiger partial charge in [0.1, 0.15) is 5.75 Å². The molecule has 0 radical (unpaired) electrons. The highest BCUT2D eigenvalue weighted by Crippen LogP contribution is 2.34. The number of hydrogen-bond acceptors (Lipinski definition) is 3. The minimum absolute atomic E-state index is 0.0773. The number of ether oxygens (including phenoxy) is 1. The Morgan fingerprint density at radius 1 is 1.47 bits per heavy atom. The van der Waals surface area contributed by atoms with Crippen molar-refractivity contribution in [1.29, 1.82) is 0 Å². The minimum atomic E-state index is -1.42.